The molecule has 2 aliphatic rings. The fourth-order valence-corrected chi connectivity index (χ4v) is 4.52. The van der Waals surface area contributed by atoms with Crippen LogP contribution < -0.4 is 26.1 Å². The Kier molecular flexibility index (Phi) is 4.40. The molecule has 0 amide bonds. The molecule has 0 saturated heterocycles. The Morgan fingerprint density at radius 2 is 1.58 bits per heavy atom. The van der Waals surface area contributed by atoms with Gasteiger partial charge in [0.15, 0.2) is 11.5 Å². The van der Waals surface area contributed by atoms with Crippen molar-refractivity contribution in [2.24, 2.45) is 0 Å². The molecule has 3 aromatic carbocycles. The summed E-state index contributed by atoms with van der Waals surface area (Å²) in [6.45, 7) is 0.177. The van der Waals surface area contributed by atoms with Crippen molar-refractivity contribution >= 4 is 23.0 Å². The van der Waals surface area contributed by atoms with Crippen LogP contribution in [0.4, 0.5) is 11.8 Å². The SMILES string of the molecule is Nc1nc2c(c(=O)[nH]1)C(c1ccc3c(c1)OCO3)C(c1ccccc1)=C(c1ccccc1)N2. The predicted octanol–water partition coefficient (Wildman–Crippen LogP) is 4.21. The van der Waals surface area contributed by atoms with Gasteiger partial charge in [-0.3, -0.25) is 9.78 Å². The zero-order valence-corrected chi connectivity index (χ0v) is 17.5. The number of nitrogen functional groups attached to an aromatic ring is 1. The van der Waals surface area contributed by atoms with E-state index in [1.54, 1.807) is 0 Å². The average molecular weight is 436 g/mol. The molecular weight excluding hydrogens is 416 g/mol. The van der Waals surface area contributed by atoms with E-state index in [0.29, 0.717) is 22.9 Å². The third-order valence-corrected chi connectivity index (χ3v) is 5.94. The maximum atomic E-state index is 13.2. The van der Waals surface area contributed by atoms with Crippen LogP contribution in [0.1, 0.15) is 28.2 Å². The molecule has 3 heterocycles. The molecule has 0 saturated carbocycles. The number of hydrogen-bond acceptors (Lipinski definition) is 6. The lowest BCUT2D eigenvalue weighted by Gasteiger charge is -2.31. The lowest BCUT2D eigenvalue weighted by molar-refractivity contribution is 0.174. The van der Waals surface area contributed by atoms with E-state index in [4.69, 9.17) is 15.2 Å². The Labute approximate surface area is 189 Å². The van der Waals surface area contributed by atoms with Crippen molar-refractivity contribution in [3.8, 4) is 11.5 Å². The highest BCUT2D eigenvalue weighted by atomic mass is 16.7. The molecule has 2 aliphatic heterocycles. The van der Waals surface area contributed by atoms with E-state index in [2.05, 4.69) is 15.3 Å². The second-order valence-corrected chi connectivity index (χ2v) is 7.90. The Hall–Kier alpha value is -4.52. The second kappa shape index (κ2) is 7.56. The van der Waals surface area contributed by atoms with Gasteiger partial charge in [-0.1, -0.05) is 66.7 Å². The van der Waals surface area contributed by atoms with Gasteiger partial charge >= 0.3 is 0 Å². The van der Waals surface area contributed by atoms with E-state index >= 15 is 0 Å². The first-order valence-corrected chi connectivity index (χ1v) is 10.6. The van der Waals surface area contributed by atoms with E-state index in [0.717, 1.165) is 28.0 Å². The molecule has 7 heteroatoms. The maximum absolute atomic E-state index is 13.2. The van der Waals surface area contributed by atoms with Crippen molar-refractivity contribution in [2.75, 3.05) is 17.8 Å². The molecule has 0 bridgehead atoms. The van der Waals surface area contributed by atoms with Gasteiger partial charge in [0.1, 0.15) is 5.82 Å². The predicted molar refractivity (Wildman–Crippen MR) is 127 cm³/mol. The van der Waals surface area contributed by atoms with Crippen molar-refractivity contribution in [2.45, 2.75) is 5.92 Å². The molecular formula is C26H20N4O3. The first-order chi connectivity index (χ1) is 16.2. The first-order valence-electron chi connectivity index (χ1n) is 10.6. The molecule has 1 atom stereocenters. The number of nitrogens with one attached hydrogen (secondary N) is 2. The molecule has 0 spiro atoms. The smallest absolute Gasteiger partial charge is 0.258 e. The molecule has 0 aliphatic carbocycles. The first kappa shape index (κ1) is 19.2. The van der Waals surface area contributed by atoms with Crippen LogP contribution in [-0.2, 0) is 0 Å². The van der Waals surface area contributed by atoms with Gasteiger partial charge in [0, 0.05) is 5.92 Å². The van der Waals surface area contributed by atoms with Gasteiger partial charge in [-0.25, -0.2) is 0 Å². The number of fused-ring (bicyclic) bond motifs is 2. The topological polar surface area (TPSA) is 102 Å². The van der Waals surface area contributed by atoms with E-state index in [1.165, 1.54) is 0 Å². The molecule has 4 N–H and O–H groups in total. The zero-order valence-electron chi connectivity index (χ0n) is 17.5. The van der Waals surface area contributed by atoms with E-state index in [1.807, 2.05) is 78.9 Å². The zero-order chi connectivity index (χ0) is 22.4. The highest BCUT2D eigenvalue weighted by Crippen LogP contribution is 2.48. The minimum absolute atomic E-state index is 0.0614. The number of ether oxygens (including phenoxy) is 2. The fraction of sp³-hybridized carbons (Fsp3) is 0.0769. The van der Waals surface area contributed by atoms with Crippen LogP contribution in [0.3, 0.4) is 0 Å². The van der Waals surface area contributed by atoms with Crippen LogP contribution in [0.25, 0.3) is 11.3 Å². The fourth-order valence-electron chi connectivity index (χ4n) is 4.52. The summed E-state index contributed by atoms with van der Waals surface area (Å²) in [4.78, 5) is 20.3. The molecule has 162 valence electrons. The molecule has 1 unspecified atom stereocenters. The quantitative estimate of drug-likeness (QED) is 0.445. The van der Waals surface area contributed by atoms with Gasteiger partial charge in [0.05, 0.1) is 11.3 Å². The number of hydrogen-bond donors (Lipinski definition) is 3. The number of rotatable bonds is 3. The minimum atomic E-state index is -0.412. The van der Waals surface area contributed by atoms with Crippen molar-refractivity contribution in [1.29, 1.82) is 0 Å². The largest absolute Gasteiger partial charge is 0.454 e. The minimum Gasteiger partial charge on any atom is -0.454 e. The van der Waals surface area contributed by atoms with Gasteiger partial charge in [0.2, 0.25) is 12.7 Å². The van der Waals surface area contributed by atoms with Crippen LogP contribution in [0.2, 0.25) is 0 Å². The monoisotopic (exact) mass is 436 g/mol. The van der Waals surface area contributed by atoms with Gasteiger partial charge in [0.25, 0.3) is 5.56 Å². The van der Waals surface area contributed by atoms with Crippen molar-refractivity contribution in [1.82, 2.24) is 9.97 Å². The highest BCUT2D eigenvalue weighted by molar-refractivity contribution is 6.02. The highest BCUT2D eigenvalue weighted by Gasteiger charge is 2.35. The lowest BCUT2D eigenvalue weighted by Crippen LogP contribution is -2.28. The number of nitrogens with zero attached hydrogens (tertiary/aromatic N) is 1. The van der Waals surface area contributed by atoms with E-state index < -0.39 is 5.92 Å². The number of H-pyrrole nitrogens is 1. The average Bonchev–Trinajstić information content (AvgIpc) is 3.32. The standard InChI is InChI=1S/C26H20N4O3/c27-26-29-24-22(25(31)30-26)20(17-11-12-18-19(13-17)33-14-32-18)21(15-7-3-1-4-8-15)23(28-24)16-9-5-2-6-10-16/h1-13,20H,14H2,(H4,27,28,29,30,31). The van der Waals surface area contributed by atoms with E-state index in [9.17, 15) is 4.79 Å². The Morgan fingerprint density at radius 3 is 2.33 bits per heavy atom. The Balaban J connectivity index is 1.69. The molecule has 33 heavy (non-hydrogen) atoms. The molecule has 4 aromatic rings. The van der Waals surface area contributed by atoms with Gasteiger partial charge in [-0.05, 0) is 34.4 Å². The van der Waals surface area contributed by atoms with Crippen LogP contribution >= 0.6 is 0 Å². The summed E-state index contributed by atoms with van der Waals surface area (Å²) in [6, 6.07) is 25.8. The number of aromatic nitrogens is 2. The third kappa shape index (κ3) is 3.22. The number of nitrogens with two attached hydrogens (primary N) is 1. The van der Waals surface area contributed by atoms with Crippen LogP contribution in [0.15, 0.2) is 83.7 Å². The van der Waals surface area contributed by atoms with Crippen LogP contribution in [0.5, 0.6) is 11.5 Å². The summed E-state index contributed by atoms with van der Waals surface area (Å²) in [5.74, 6) is 1.43. The third-order valence-electron chi connectivity index (χ3n) is 5.94. The molecule has 0 fully saturated rings. The maximum Gasteiger partial charge on any atom is 0.258 e. The van der Waals surface area contributed by atoms with Crippen LogP contribution in [-0.4, -0.2) is 16.8 Å². The number of benzene rings is 3. The Bertz CT molecular complexity index is 1450. The van der Waals surface area contributed by atoms with Crippen molar-refractivity contribution < 1.29 is 9.47 Å². The summed E-state index contributed by atoms with van der Waals surface area (Å²) in [5.41, 5.74) is 10.8. The molecule has 7 nitrogen and oxygen atoms in total. The summed E-state index contributed by atoms with van der Waals surface area (Å²) >= 11 is 0. The summed E-state index contributed by atoms with van der Waals surface area (Å²) in [5, 5.41) is 3.41. The number of anilines is 2. The number of aromatic amines is 1. The second-order valence-electron chi connectivity index (χ2n) is 7.90. The Morgan fingerprint density at radius 1 is 0.879 bits per heavy atom. The van der Waals surface area contributed by atoms with Gasteiger partial charge in [-0.15, -0.1) is 0 Å². The van der Waals surface area contributed by atoms with Crippen LogP contribution in [0, 0.1) is 0 Å². The normalized spacial score (nSPS) is 16.3. The van der Waals surface area contributed by atoms with Crippen molar-refractivity contribution in [3.63, 3.8) is 0 Å². The summed E-state index contributed by atoms with van der Waals surface area (Å²) in [7, 11) is 0. The van der Waals surface area contributed by atoms with Gasteiger partial charge in [-0.2, -0.15) is 4.98 Å². The lowest BCUT2D eigenvalue weighted by atomic mass is 9.78. The molecule has 1 aromatic heterocycles. The molecule has 0 radical (unpaired) electrons. The summed E-state index contributed by atoms with van der Waals surface area (Å²) < 4.78 is 11.2. The summed E-state index contributed by atoms with van der Waals surface area (Å²) in [6.07, 6.45) is 0. The number of allylic oxidation sites excluding steroid dienone is 1. The van der Waals surface area contributed by atoms with E-state index in [-0.39, 0.29) is 18.3 Å². The molecule has 6 rings (SSSR count). The van der Waals surface area contributed by atoms with Gasteiger partial charge < -0.3 is 20.5 Å². The van der Waals surface area contributed by atoms with Crippen molar-refractivity contribution in [3.05, 3.63) is 111 Å².